The molecule has 2 heterocycles. The number of rotatable bonds is 0. The summed E-state index contributed by atoms with van der Waals surface area (Å²) in [4.78, 5) is 4.28. The largest absolute Gasteiger partial charge is 0.478 e. The molecule has 2 aromatic rings. The summed E-state index contributed by atoms with van der Waals surface area (Å²) in [5.74, 6) is 2.07. The van der Waals surface area contributed by atoms with Crippen molar-refractivity contribution in [2.75, 3.05) is 27.6 Å². The van der Waals surface area contributed by atoms with E-state index in [9.17, 15) is 0 Å². The molecule has 0 spiro atoms. The van der Waals surface area contributed by atoms with E-state index in [2.05, 4.69) is 36.0 Å². The normalized spacial score (nSPS) is 14.0. The topological polar surface area (TPSA) is 24.9 Å². The third kappa shape index (κ3) is 8.74. The Labute approximate surface area is 192 Å². The molecule has 2 aromatic carbocycles. The van der Waals surface area contributed by atoms with E-state index >= 15 is 0 Å². The molecule has 151 valence electrons. The molecule has 5 heteroatoms. The first-order valence-corrected chi connectivity index (χ1v) is 7.51. The van der Waals surface area contributed by atoms with Gasteiger partial charge in [0.05, 0.1) is 0 Å². The van der Waals surface area contributed by atoms with Crippen LogP contribution in [-0.4, -0.2) is 37.4 Å². The Morgan fingerprint density at radius 1 is 0.667 bits per heavy atom. The Balaban J connectivity index is -0.000000360. The quantitative estimate of drug-likeness (QED) is 0.522. The fourth-order valence-electron chi connectivity index (χ4n) is 2.58. The Kier molecular flexibility index (Phi) is 17.1. The zero-order chi connectivity index (χ0) is 15.4. The van der Waals surface area contributed by atoms with Gasteiger partial charge < -0.3 is 24.3 Å². The van der Waals surface area contributed by atoms with Crippen molar-refractivity contribution in [3.05, 3.63) is 74.5 Å². The molecule has 2 aliphatic rings. The van der Waals surface area contributed by atoms with E-state index in [0.717, 1.165) is 24.6 Å². The van der Waals surface area contributed by atoms with E-state index in [0.29, 0.717) is 13.5 Å². The monoisotopic (exact) mass is 449 g/mol. The van der Waals surface area contributed by atoms with Crippen LogP contribution < -0.4 is 9.47 Å². The van der Waals surface area contributed by atoms with Gasteiger partial charge in [0, 0.05) is 56.9 Å². The molecule has 0 atom stereocenters. The summed E-state index contributed by atoms with van der Waals surface area (Å²) in [6.45, 7) is 3.40. The van der Waals surface area contributed by atoms with Crippen LogP contribution in [0.2, 0.25) is 0 Å². The van der Waals surface area contributed by atoms with Crippen LogP contribution in [0.4, 0.5) is 0 Å². The molecule has 0 amide bonds. The van der Waals surface area contributed by atoms with Gasteiger partial charge in [-0.2, -0.15) is 0 Å². The van der Waals surface area contributed by atoms with Gasteiger partial charge in [0.15, 0.2) is 0 Å². The maximum atomic E-state index is 5.46. The maximum Gasteiger partial charge on any atom is 0.142 e. The SMILES string of the molecule is C.C.CN1COc2ccccc2C1.CN1COc2ccccc2C1.[CH3-].[CH3-].[Y]. The molecule has 27 heavy (non-hydrogen) atoms. The molecule has 4 rings (SSSR count). The molecule has 0 unspecified atom stereocenters. The first-order chi connectivity index (χ1) is 10.7. The molecule has 0 aromatic heterocycles. The smallest absolute Gasteiger partial charge is 0.142 e. The summed E-state index contributed by atoms with van der Waals surface area (Å²) in [5.41, 5.74) is 2.56. The number of para-hydroxylation sites is 2. The third-order valence-electron chi connectivity index (χ3n) is 3.71. The van der Waals surface area contributed by atoms with Gasteiger partial charge in [-0.3, -0.25) is 9.80 Å². The van der Waals surface area contributed by atoms with Gasteiger partial charge in [0.1, 0.15) is 25.0 Å². The molecule has 0 N–H and O–H groups in total. The molecule has 0 aliphatic carbocycles. The van der Waals surface area contributed by atoms with Crippen molar-refractivity contribution < 1.29 is 42.2 Å². The second-order valence-electron chi connectivity index (χ2n) is 5.79. The number of hydrogen-bond acceptors (Lipinski definition) is 4. The average Bonchev–Trinajstić information content (AvgIpc) is 2.55. The van der Waals surface area contributed by atoms with E-state index in [4.69, 9.17) is 9.47 Å². The van der Waals surface area contributed by atoms with Gasteiger partial charge in [-0.25, -0.2) is 0 Å². The molecule has 4 nitrogen and oxygen atoms in total. The van der Waals surface area contributed by atoms with Crippen molar-refractivity contribution in [2.45, 2.75) is 27.9 Å². The average molecular weight is 449 g/mol. The van der Waals surface area contributed by atoms with Crippen LogP contribution in [0.3, 0.4) is 0 Å². The molecular weight excluding hydrogens is 413 g/mol. The first kappa shape index (κ1) is 30.8. The number of hydrogen-bond donors (Lipinski definition) is 0. The Morgan fingerprint density at radius 2 is 1.00 bits per heavy atom. The number of nitrogens with zero attached hydrogens (tertiary/aromatic N) is 2. The Morgan fingerprint density at radius 3 is 1.37 bits per heavy atom. The summed E-state index contributed by atoms with van der Waals surface area (Å²) in [5, 5.41) is 0. The van der Waals surface area contributed by atoms with E-state index < -0.39 is 0 Å². The minimum atomic E-state index is 0. The van der Waals surface area contributed by atoms with Crippen molar-refractivity contribution in [1.82, 2.24) is 9.80 Å². The van der Waals surface area contributed by atoms with Crippen molar-refractivity contribution in [1.29, 1.82) is 0 Å². The van der Waals surface area contributed by atoms with Gasteiger partial charge in [-0.15, -0.1) is 0 Å². The van der Waals surface area contributed by atoms with Crippen LogP contribution in [0.5, 0.6) is 11.5 Å². The van der Waals surface area contributed by atoms with Gasteiger partial charge in [-0.1, -0.05) is 51.3 Å². The molecule has 0 saturated carbocycles. The molecule has 1 radical (unpaired) electrons. The van der Waals surface area contributed by atoms with E-state index in [1.807, 2.05) is 36.4 Å². The van der Waals surface area contributed by atoms with Crippen LogP contribution >= 0.6 is 0 Å². The van der Waals surface area contributed by atoms with Crippen LogP contribution in [0.15, 0.2) is 48.5 Å². The molecule has 0 fully saturated rings. The van der Waals surface area contributed by atoms with Crippen LogP contribution in [-0.2, 0) is 45.8 Å². The fraction of sp³-hybridized carbons (Fsp3) is 0.364. The summed E-state index contributed by atoms with van der Waals surface area (Å²) in [7, 11) is 4.10. The zero-order valence-corrected chi connectivity index (χ0v) is 18.6. The standard InChI is InChI=1S/2C9H11NO.2CH4.2CH3.Y/c2*1-10-6-8-4-2-3-5-9(8)11-7-10;;;;;/h2*2-5H,6-7H2,1H3;2*1H4;2*1H3;/q;;;;2*-1;. The van der Waals surface area contributed by atoms with Crippen molar-refractivity contribution in [3.63, 3.8) is 0 Å². The predicted molar refractivity (Wildman–Crippen MR) is 113 cm³/mol. The predicted octanol–water partition coefficient (Wildman–Crippen LogP) is 5.11. The zero-order valence-electron chi connectivity index (χ0n) is 15.7. The first-order valence-electron chi connectivity index (χ1n) is 7.51. The second kappa shape index (κ2) is 15.0. The van der Waals surface area contributed by atoms with Crippen molar-refractivity contribution >= 4 is 0 Å². The molecule has 0 bridgehead atoms. The van der Waals surface area contributed by atoms with Gasteiger partial charge in [0.2, 0.25) is 0 Å². The minimum Gasteiger partial charge on any atom is -0.478 e. The molecular formula is C22H36N2O2Y-2. The number of benzene rings is 2. The number of ether oxygens (including phenoxy) is 2. The summed E-state index contributed by atoms with van der Waals surface area (Å²) in [6, 6.07) is 16.3. The van der Waals surface area contributed by atoms with Crippen molar-refractivity contribution in [3.8, 4) is 11.5 Å². The maximum absolute atomic E-state index is 5.46. The van der Waals surface area contributed by atoms with Gasteiger partial charge >= 0.3 is 0 Å². The van der Waals surface area contributed by atoms with Crippen LogP contribution in [0.1, 0.15) is 26.0 Å². The molecule has 2 aliphatic heterocycles. The Bertz CT molecular complexity index is 582. The van der Waals surface area contributed by atoms with E-state index in [1.54, 1.807) is 0 Å². The second-order valence-corrected chi connectivity index (χ2v) is 5.79. The fourth-order valence-corrected chi connectivity index (χ4v) is 2.58. The third-order valence-corrected chi connectivity index (χ3v) is 3.71. The van der Waals surface area contributed by atoms with Crippen LogP contribution in [0.25, 0.3) is 0 Å². The van der Waals surface area contributed by atoms with Crippen molar-refractivity contribution in [2.24, 2.45) is 0 Å². The summed E-state index contributed by atoms with van der Waals surface area (Å²) in [6.07, 6.45) is 0. The Hall–Kier alpha value is -0.936. The van der Waals surface area contributed by atoms with E-state index in [1.165, 1.54) is 11.1 Å². The number of fused-ring (bicyclic) bond motifs is 2. The molecule has 0 saturated heterocycles. The summed E-state index contributed by atoms with van der Waals surface area (Å²) < 4.78 is 10.9. The van der Waals surface area contributed by atoms with Crippen LogP contribution in [0, 0.1) is 14.9 Å². The minimum absolute atomic E-state index is 0. The van der Waals surface area contributed by atoms with Gasteiger partial charge in [0.25, 0.3) is 0 Å². The van der Waals surface area contributed by atoms with E-state index in [-0.39, 0.29) is 62.4 Å². The summed E-state index contributed by atoms with van der Waals surface area (Å²) >= 11 is 0. The van der Waals surface area contributed by atoms with Gasteiger partial charge in [-0.05, 0) is 26.2 Å².